The van der Waals surface area contributed by atoms with Crippen molar-refractivity contribution in [1.82, 2.24) is 15.1 Å². The van der Waals surface area contributed by atoms with Crippen LogP contribution in [-0.4, -0.2) is 27.5 Å². The molecule has 0 amide bonds. The van der Waals surface area contributed by atoms with Gasteiger partial charge in [0.2, 0.25) is 0 Å². The van der Waals surface area contributed by atoms with Crippen molar-refractivity contribution in [1.29, 1.82) is 0 Å². The molecule has 4 nitrogen and oxygen atoms in total. The molecule has 0 aliphatic carbocycles. The van der Waals surface area contributed by atoms with Gasteiger partial charge in [-0.25, -0.2) is 0 Å². The molecule has 0 aliphatic heterocycles. The van der Waals surface area contributed by atoms with E-state index in [1.54, 1.807) is 0 Å². The maximum Gasteiger partial charge on any atom is 0.0667 e. The first-order valence-corrected chi connectivity index (χ1v) is 6.87. The summed E-state index contributed by atoms with van der Waals surface area (Å²) >= 11 is 0. The lowest BCUT2D eigenvalue weighted by atomic mass is 10.1. The maximum absolute atomic E-state index is 9.80. The Labute approximate surface area is 110 Å². The summed E-state index contributed by atoms with van der Waals surface area (Å²) in [6.45, 7) is 12.8. The third-order valence-electron chi connectivity index (χ3n) is 3.26. The molecular weight excluding hydrogens is 226 g/mol. The van der Waals surface area contributed by atoms with Crippen LogP contribution in [0.1, 0.15) is 44.1 Å². The van der Waals surface area contributed by atoms with Crippen molar-refractivity contribution in [2.24, 2.45) is 5.92 Å². The number of rotatable bonds is 7. The second-order valence-corrected chi connectivity index (χ2v) is 5.38. The highest BCUT2D eigenvalue weighted by molar-refractivity contribution is 5.24. The van der Waals surface area contributed by atoms with Gasteiger partial charge in [0, 0.05) is 30.9 Å². The number of aliphatic hydroxyl groups excluding tert-OH is 1. The summed E-state index contributed by atoms with van der Waals surface area (Å²) in [4.78, 5) is 0. The monoisotopic (exact) mass is 253 g/mol. The molecule has 1 unspecified atom stereocenters. The molecule has 1 aromatic heterocycles. The first kappa shape index (κ1) is 15.2. The minimum atomic E-state index is -0.258. The van der Waals surface area contributed by atoms with Gasteiger partial charge in [-0.1, -0.05) is 13.8 Å². The Kier molecular flexibility index (Phi) is 5.82. The molecule has 0 aliphatic rings. The topological polar surface area (TPSA) is 50.1 Å². The Morgan fingerprint density at radius 3 is 2.50 bits per heavy atom. The molecule has 0 saturated heterocycles. The van der Waals surface area contributed by atoms with E-state index in [9.17, 15) is 5.11 Å². The van der Waals surface area contributed by atoms with Gasteiger partial charge in [-0.3, -0.25) is 4.68 Å². The molecule has 0 saturated carbocycles. The van der Waals surface area contributed by atoms with E-state index in [0.717, 1.165) is 25.2 Å². The average molecular weight is 253 g/mol. The molecular formula is C14H27N3O. The highest BCUT2D eigenvalue weighted by Gasteiger charge is 2.11. The number of hydrogen-bond acceptors (Lipinski definition) is 3. The van der Waals surface area contributed by atoms with Crippen molar-refractivity contribution in [3.05, 3.63) is 17.0 Å². The van der Waals surface area contributed by atoms with Gasteiger partial charge in [0.25, 0.3) is 0 Å². The molecule has 104 valence electrons. The van der Waals surface area contributed by atoms with E-state index in [4.69, 9.17) is 0 Å². The molecule has 18 heavy (non-hydrogen) atoms. The molecule has 0 fully saturated rings. The second-order valence-electron chi connectivity index (χ2n) is 5.38. The Bertz CT molecular complexity index is 371. The number of nitrogens with zero attached hydrogens (tertiary/aromatic N) is 2. The summed E-state index contributed by atoms with van der Waals surface area (Å²) in [7, 11) is 0. The molecule has 4 heteroatoms. The van der Waals surface area contributed by atoms with Crippen LogP contribution in [0.5, 0.6) is 0 Å². The van der Waals surface area contributed by atoms with E-state index in [0.29, 0.717) is 12.5 Å². The SMILES string of the molecule is CCn1nc(C)c(CNCC(O)CC(C)C)c1C. The number of nitrogens with one attached hydrogen (secondary N) is 1. The fraction of sp³-hybridized carbons (Fsp3) is 0.786. The predicted octanol–water partition coefficient (Wildman–Crippen LogP) is 2.02. The van der Waals surface area contributed by atoms with Gasteiger partial charge in [-0.05, 0) is 33.1 Å². The maximum atomic E-state index is 9.80. The van der Waals surface area contributed by atoms with Gasteiger partial charge in [0.1, 0.15) is 0 Å². The Balaban J connectivity index is 2.46. The van der Waals surface area contributed by atoms with Crippen LogP contribution in [0.4, 0.5) is 0 Å². The first-order valence-electron chi connectivity index (χ1n) is 6.87. The van der Waals surface area contributed by atoms with Crippen molar-refractivity contribution >= 4 is 0 Å². The van der Waals surface area contributed by atoms with Gasteiger partial charge in [-0.2, -0.15) is 5.10 Å². The zero-order valence-electron chi connectivity index (χ0n) is 12.3. The quantitative estimate of drug-likeness (QED) is 0.781. The van der Waals surface area contributed by atoms with E-state index >= 15 is 0 Å². The molecule has 0 spiro atoms. The predicted molar refractivity (Wildman–Crippen MR) is 74.5 cm³/mol. The van der Waals surface area contributed by atoms with Crippen LogP contribution in [0.2, 0.25) is 0 Å². The Hall–Kier alpha value is -0.870. The van der Waals surface area contributed by atoms with Crippen LogP contribution in [0, 0.1) is 19.8 Å². The lowest BCUT2D eigenvalue weighted by Gasteiger charge is -2.14. The minimum absolute atomic E-state index is 0.258. The molecule has 1 aromatic rings. The third kappa shape index (κ3) is 4.10. The number of aryl methyl sites for hydroxylation is 2. The molecule has 2 N–H and O–H groups in total. The fourth-order valence-corrected chi connectivity index (χ4v) is 2.29. The van der Waals surface area contributed by atoms with Crippen LogP contribution < -0.4 is 5.32 Å². The van der Waals surface area contributed by atoms with Crippen molar-refractivity contribution in [3.63, 3.8) is 0 Å². The van der Waals surface area contributed by atoms with E-state index in [1.807, 2.05) is 11.6 Å². The van der Waals surface area contributed by atoms with Gasteiger partial charge in [0.05, 0.1) is 11.8 Å². The highest BCUT2D eigenvalue weighted by Crippen LogP contribution is 2.12. The van der Waals surface area contributed by atoms with Crippen LogP contribution >= 0.6 is 0 Å². The Morgan fingerprint density at radius 2 is 2.00 bits per heavy atom. The third-order valence-corrected chi connectivity index (χ3v) is 3.26. The zero-order chi connectivity index (χ0) is 13.7. The van der Waals surface area contributed by atoms with Crippen LogP contribution in [0.15, 0.2) is 0 Å². The summed E-state index contributed by atoms with van der Waals surface area (Å²) in [6, 6.07) is 0. The summed E-state index contributed by atoms with van der Waals surface area (Å²) in [5, 5.41) is 17.6. The standard InChI is InChI=1S/C14H27N3O/c1-6-17-12(5)14(11(4)16-17)9-15-8-13(18)7-10(2)3/h10,13,15,18H,6-9H2,1-5H3. The smallest absolute Gasteiger partial charge is 0.0667 e. The first-order chi connectivity index (χ1) is 8.45. The highest BCUT2D eigenvalue weighted by atomic mass is 16.3. The van der Waals surface area contributed by atoms with Crippen LogP contribution in [0.25, 0.3) is 0 Å². The van der Waals surface area contributed by atoms with E-state index in [1.165, 1.54) is 11.3 Å². The van der Waals surface area contributed by atoms with E-state index < -0.39 is 0 Å². The molecule has 0 radical (unpaired) electrons. The Morgan fingerprint density at radius 1 is 1.33 bits per heavy atom. The van der Waals surface area contributed by atoms with Crippen LogP contribution in [-0.2, 0) is 13.1 Å². The largest absolute Gasteiger partial charge is 0.392 e. The van der Waals surface area contributed by atoms with Crippen LogP contribution in [0.3, 0.4) is 0 Å². The van der Waals surface area contributed by atoms with Crippen molar-refractivity contribution < 1.29 is 5.11 Å². The van der Waals surface area contributed by atoms with Crippen molar-refractivity contribution in [3.8, 4) is 0 Å². The van der Waals surface area contributed by atoms with Gasteiger partial charge in [0.15, 0.2) is 0 Å². The lowest BCUT2D eigenvalue weighted by molar-refractivity contribution is 0.146. The summed E-state index contributed by atoms with van der Waals surface area (Å²) in [5.74, 6) is 0.535. The minimum Gasteiger partial charge on any atom is -0.392 e. The number of hydrogen-bond donors (Lipinski definition) is 2. The van der Waals surface area contributed by atoms with E-state index in [-0.39, 0.29) is 6.10 Å². The molecule has 0 aromatic carbocycles. The lowest BCUT2D eigenvalue weighted by Crippen LogP contribution is -2.27. The second kappa shape index (κ2) is 6.90. The number of aliphatic hydroxyl groups is 1. The molecule has 1 heterocycles. The summed E-state index contributed by atoms with van der Waals surface area (Å²) in [6.07, 6.45) is 0.589. The summed E-state index contributed by atoms with van der Waals surface area (Å²) < 4.78 is 2.02. The zero-order valence-corrected chi connectivity index (χ0v) is 12.3. The van der Waals surface area contributed by atoms with Gasteiger partial charge < -0.3 is 10.4 Å². The fourth-order valence-electron chi connectivity index (χ4n) is 2.29. The van der Waals surface area contributed by atoms with E-state index in [2.05, 4.69) is 38.1 Å². The molecule has 1 rings (SSSR count). The number of aromatic nitrogens is 2. The summed E-state index contributed by atoms with van der Waals surface area (Å²) in [5.41, 5.74) is 3.56. The molecule has 0 bridgehead atoms. The van der Waals surface area contributed by atoms with Gasteiger partial charge >= 0.3 is 0 Å². The average Bonchev–Trinajstić information content (AvgIpc) is 2.55. The van der Waals surface area contributed by atoms with Gasteiger partial charge in [-0.15, -0.1) is 0 Å². The molecule has 1 atom stereocenters. The normalized spacial score (nSPS) is 13.3. The van der Waals surface area contributed by atoms with Crippen molar-refractivity contribution in [2.75, 3.05) is 6.54 Å². The van der Waals surface area contributed by atoms with Crippen molar-refractivity contribution in [2.45, 2.75) is 60.2 Å².